The summed E-state index contributed by atoms with van der Waals surface area (Å²) in [5.41, 5.74) is 2.34. The lowest BCUT2D eigenvalue weighted by Gasteiger charge is -2.05. The van der Waals surface area contributed by atoms with E-state index in [0.717, 1.165) is 11.3 Å². The van der Waals surface area contributed by atoms with E-state index >= 15 is 0 Å². The average molecular weight is 276 g/mol. The number of anilines is 2. The van der Waals surface area contributed by atoms with Crippen LogP contribution in [-0.4, -0.2) is 28.4 Å². The minimum Gasteiger partial charge on any atom is -0.383 e. The number of methoxy groups -OCH3 is 1. The van der Waals surface area contributed by atoms with E-state index in [4.69, 9.17) is 4.74 Å². The van der Waals surface area contributed by atoms with Gasteiger partial charge in [-0.2, -0.15) is 5.10 Å². The smallest absolute Gasteiger partial charge is 0.271 e. The SMILES string of the molecule is COCCn1cc(Nc2cc(C)cc([N+](=O)[O-])c2)cn1. The second-order valence-electron chi connectivity index (χ2n) is 4.42. The van der Waals surface area contributed by atoms with Crippen LogP contribution in [0.3, 0.4) is 0 Å². The average Bonchev–Trinajstić information content (AvgIpc) is 2.83. The van der Waals surface area contributed by atoms with Crippen LogP contribution in [0.4, 0.5) is 17.1 Å². The highest BCUT2D eigenvalue weighted by Crippen LogP contribution is 2.23. The third-order valence-corrected chi connectivity index (χ3v) is 2.72. The number of hydrogen-bond acceptors (Lipinski definition) is 5. The molecule has 7 heteroatoms. The molecule has 0 radical (unpaired) electrons. The van der Waals surface area contributed by atoms with Crippen LogP contribution in [0, 0.1) is 17.0 Å². The number of nitrogens with one attached hydrogen (secondary N) is 1. The number of nitro benzene ring substituents is 1. The summed E-state index contributed by atoms with van der Waals surface area (Å²) in [6.07, 6.45) is 3.50. The molecule has 7 nitrogen and oxygen atoms in total. The molecule has 0 fully saturated rings. The molecule has 0 saturated carbocycles. The summed E-state index contributed by atoms with van der Waals surface area (Å²) < 4.78 is 6.72. The van der Waals surface area contributed by atoms with Crippen molar-refractivity contribution in [1.29, 1.82) is 0 Å². The topological polar surface area (TPSA) is 82.2 Å². The van der Waals surface area contributed by atoms with Crippen LogP contribution in [0.2, 0.25) is 0 Å². The number of rotatable bonds is 6. The maximum Gasteiger partial charge on any atom is 0.271 e. The Morgan fingerprint density at radius 1 is 1.40 bits per heavy atom. The lowest BCUT2D eigenvalue weighted by Crippen LogP contribution is -2.03. The first-order chi connectivity index (χ1) is 9.58. The number of hydrogen-bond donors (Lipinski definition) is 1. The van der Waals surface area contributed by atoms with Gasteiger partial charge in [-0.05, 0) is 18.6 Å². The lowest BCUT2D eigenvalue weighted by molar-refractivity contribution is -0.384. The molecule has 0 bridgehead atoms. The summed E-state index contributed by atoms with van der Waals surface area (Å²) in [6.45, 7) is 3.06. The Kier molecular flexibility index (Phi) is 4.31. The van der Waals surface area contributed by atoms with E-state index in [-0.39, 0.29) is 5.69 Å². The highest BCUT2D eigenvalue weighted by atomic mass is 16.6. The van der Waals surface area contributed by atoms with Crippen molar-refractivity contribution in [1.82, 2.24) is 9.78 Å². The molecule has 1 heterocycles. The van der Waals surface area contributed by atoms with E-state index in [9.17, 15) is 10.1 Å². The minimum absolute atomic E-state index is 0.0688. The van der Waals surface area contributed by atoms with Crippen molar-refractivity contribution in [2.24, 2.45) is 0 Å². The van der Waals surface area contributed by atoms with Crippen molar-refractivity contribution in [3.8, 4) is 0 Å². The zero-order valence-corrected chi connectivity index (χ0v) is 11.4. The van der Waals surface area contributed by atoms with Gasteiger partial charge in [-0.25, -0.2) is 0 Å². The maximum absolute atomic E-state index is 10.8. The van der Waals surface area contributed by atoms with Gasteiger partial charge < -0.3 is 10.1 Å². The van der Waals surface area contributed by atoms with Gasteiger partial charge in [-0.1, -0.05) is 0 Å². The standard InChI is InChI=1S/C13H16N4O3/c1-10-5-11(7-13(6-10)17(18)19)15-12-8-14-16(9-12)3-4-20-2/h5-9,15H,3-4H2,1-2H3. The molecule has 1 N–H and O–H groups in total. The molecule has 0 spiro atoms. The Labute approximate surface area is 116 Å². The summed E-state index contributed by atoms with van der Waals surface area (Å²) in [4.78, 5) is 10.4. The van der Waals surface area contributed by atoms with Gasteiger partial charge in [0.05, 0.1) is 30.0 Å². The van der Waals surface area contributed by atoms with Crippen molar-refractivity contribution in [3.63, 3.8) is 0 Å². The monoisotopic (exact) mass is 276 g/mol. The fourth-order valence-corrected chi connectivity index (χ4v) is 1.84. The van der Waals surface area contributed by atoms with Crippen LogP contribution in [0.25, 0.3) is 0 Å². The zero-order chi connectivity index (χ0) is 14.5. The molecule has 0 amide bonds. The number of ether oxygens (including phenoxy) is 1. The Bertz CT molecular complexity index is 609. The van der Waals surface area contributed by atoms with E-state index in [1.165, 1.54) is 12.1 Å². The van der Waals surface area contributed by atoms with Crippen LogP contribution in [0.1, 0.15) is 5.56 Å². The van der Waals surface area contributed by atoms with Gasteiger partial charge >= 0.3 is 0 Å². The Balaban J connectivity index is 2.13. The fraction of sp³-hybridized carbons (Fsp3) is 0.308. The molecule has 20 heavy (non-hydrogen) atoms. The normalized spacial score (nSPS) is 10.5. The molecule has 1 aromatic heterocycles. The van der Waals surface area contributed by atoms with Crippen LogP contribution in [0.15, 0.2) is 30.6 Å². The molecule has 0 aliphatic rings. The quantitative estimate of drug-likeness (QED) is 0.647. The molecule has 0 atom stereocenters. The molecule has 2 aromatic rings. The van der Waals surface area contributed by atoms with Crippen molar-refractivity contribution in [3.05, 3.63) is 46.3 Å². The highest BCUT2D eigenvalue weighted by molar-refractivity contribution is 5.62. The summed E-state index contributed by atoms with van der Waals surface area (Å²) in [5.74, 6) is 0. The van der Waals surface area contributed by atoms with Gasteiger partial charge in [0.15, 0.2) is 0 Å². The molecule has 0 aliphatic carbocycles. The van der Waals surface area contributed by atoms with Crippen molar-refractivity contribution >= 4 is 17.1 Å². The van der Waals surface area contributed by atoms with Crippen molar-refractivity contribution in [2.75, 3.05) is 19.0 Å². The Morgan fingerprint density at radius 3 is 2.90 bits per heavy atom. The predicted molar refractivity (Wildman–Crippen MR) is 75.2 cm³/mol. The highest BCUT2D eigenvalue weighted by Gasteiger charge is 2.08. The van der Waals surface area contributed by atoms with E-state index in [0.29, 0.717) is 18.8 Å². The zero-order valence-electron chi connectivity index (χ0n) is 11.4. The molecular weight excluding hydrogens is 260 g/mol. The second-order valence-corrected chi connectivity index (χ2v) is 4.42. The summed E-state index contributed by atoms with van der Waals surface area (Å²) in [5, 5.41) is 18.1. The number of non-ortho nitro benzene ring substituents is 1. The molecule has 0 saturated heterocycles. The second kappa shape index (κ2) is 6.16. The van der Waals surface area contributed by atoms with Gasteiger partial charge in [0.25, 0.3) is 5.69 Å². The Hall–Kier alpha value is -2.41. The van der Waals surface area contributed by atoms with Gasteiger partial charge in [0.2, 0.25) is 0 Å². The first kappa shape index (κ1) is 14.0. The minimum atomic E-state index is -0.403. The summed E-state index contributed by atoms with van der Waals surface area (Å²) in [6, 6.07) is 4.88. The fourth-order valence-electron chi connectivity index (χ4n) is 1.84. The first-order valence-electron chi connectivity index (χ1n) is 6.13. The summed E-state index contributed by atoms with van der Waals surface area (Å²) >= 11 is 0. The summed E-state index contributed by atoms with van der Waals surface area (Å²) in [7, 11) is 1.63. The van der Waals surface area contributed by atoms with E-state index < -0.39 is 4.92 Å². The molecule has 1 aromatic carbocycles. The molecule has 2 rings (SSSR count). The molecule has 106 valence electrons. The number of nitro groups is 1. The number of aromatic nitrogens is 2. The Morgan fingerprint density at radius 2 is 2.20 bits per heavy atom. The van der Waals surface area contributed by atoms with Crippen molar-refractivity contribution < 1.29 is 9.66 Å². The number of aryl methyl sites for hydroxylation is 1. The van der Waals surface area contributed by atoms with E-state index in [1.54, 1.807) is 18.0 Å². The van der Waals surface area contributed by atoms with Gasteiger partial charge in [-0.15, -0.1) is 0 Å². The lowest BCUT2D eigenvalue weighted by atomic mass is 10.2. The molecule has 0 unspecified atom stereocenters. The van der Waals surface area contributed by atoms with Crippen LogP contribution < -0.4 is 5.32 Å². The van der Waals surface area contributed by atoms with Gasteiger partial charge in [0.1, 0.15) is 0 Å². The van der Waals surface area contributed by atoms with E-state index in [1.807, 2.05) is 19.2 Å². The van der Waals surface area contributed by atoms with Gasteiger partial charge in [0, 0.05) is 31.1 Å². The largest absolute Gasteiger partial charge is 0.383 e. The number of benzene rings is 1. The van der Waals surface area contributed by atoms with Crippen LogP contribution in [0.5, 0.6) is 0 Å². The van der Waals surface area contributed by atoms with Gasteiger partial charge in [-0.3, -0.25) is 14.8 Å². The maximum atomic E-state index is 10.8. The number of nitrogens with zero attached hydrogens (tertiary/aromatic N) is 3. The van der Waals surface area contributed by atoms with Crippen LogP contribution in [-0.2, 0) is 11.3 Å². The molecule has 0 aliphatic heterocycles. The van der Waals surface area contributed by atoms with Crippen LogP contribution >= 0.6 is 0 Å². The third kappa shape index (κ3) is 3.55. The van der Waals surface area contributed by atoms with Crippen molar-refractivity contribution in [2.45, 2.75) is 13.5 Å². The molecular formula is C13H16N4O3. The third-order valence-electron chi connectivity index (χ3n) is 2.72. The van der Waals surface area contributed by atoms with E-state index in [2.05, 4.69) is 10.4 Å². The predicted octanol–water partition coefficient (Wildman–Crippen LogP) is 2.49. The first-order valence-corrected chi connectivity index (χ1v) is 6.13.